The van der Waals surface area contributed by atoms with Gasteiger partial charge in [-0.05, 0) is 43.7 Å². The molecule has 3 rings (SSSR count). The van der Waals surface area contributed by atoms with Crippen LogP contribution in [0.4, 0.5) is 6.01 Å². The third-order valence-corrected chi connectivity index (χ3v) is 6.51. The van der Waals surface area contributed by atoms with E-state index in [1.54, 1.807) is 6.21 Å². The molecule has 1 aliphatic rings. The standard InChI is InChI=1S/C24H34N6O2/c1-16(2)24(5,20-8-6-18(7-9-20)19(14-25)15-27-17(3)26)21-28-22(32-29-21)30-12-10-23(4,31)11-13-30/h6-9,14-16,31H,3,10-13,25-26H2,1-2,4-5H3/b19-14+,27-15-/t24-/m0/s1. The molecule has 1 aromatic carbocycles. The van der Waals surface area contributed by atoms with Crippen molar-refractivity contribution >= 4 is 17.8 Å². The average Bonchev–Trinajstić information content (AvgIpc) is 3.24. The first-order chi connectivity index (χ1) is 15.1. The van der Waals surface area contributed by atoms with E-state index < -0.39 is 11.0 Å². The highest BCUT2D eigenvalue weighted by molar-refractivity contribution is 6.09. The Balaban J connectivity index is 1.87. The van der Waals surface area contributed by atoms with Crippen LogP contribution in [0.3, 0.4) is 0 Å². The van der Waals surface area contributed by atoms with Gasteiger partial charge < -0.3 is 26.0 Å². The van der Waals surface area contributed by atoms with Crippen LogP contribution in [0, 0.1) is 5.92 Å². The first kappa shape index (κ1) is 23.5. The van der Waals surface area contributed by atoms with Crippen LogP contribution < -0.4 is 16.4 Å². The summed E-state index contributed by atoms with van der Waals surface area (Å²) < 4.78 is 5.64. The van der Waals surface area contributed by atoms with Crippen LogP contribution in [0.2, 0.25) is 0 Å². The summed E-state index contributed by atoms with van der Waals surface area (Å²) in [5.41, 5.74) is 12.9. The molecular weight excluding hydrogens is 404 g/mol. The Labute approximate surface area is 189 Å². The lowest BCUT2D eigenvalue weighted by Gasteiger charge is -2.34. The van der Waals surface area contributed by atoms with Gasteiger partial charge in [-0.25, -0.2) is 4.99 Å². The highest BCUT2D eigenvalue weighted by atomic mass is 16.5. The molecule has 0 bridgehead atoms. The molecule has 0 aliphatic carbocycles. The minimum atomic E-state index is -0.632. The first-order valence-electron chi connectivity index (χ1n) is 10.9. The Bertz CT molecular complexity index is 996. The Morgan fingerprint density at radius 1 is 1.31 bits per heavy atom. The van der Waals surface area contributed by atoms with Gasteiger partial charge in [-0.3, -0.25) is 0 Å². The maximum Gasteiger partial charge on any atom is 0.324 e. The number of allylic oxidation sites excluding steroid dienone is 1. The van der Waals surface area contributed by atoms with Gasteiger partial charge in [-0.2, -0.15) is 4.98 Å². The molecule has 0 spiro atoms. The van der Waals surface area contributed by atoms with Gasteiger partial charge in [0.05, 0.1) is 11.0 Å². The van der Waals surface area contributed by atoms with Gasteiger partial charge in [0.1, 0.15) is 5.82 Å². The third kappa shape index (κ3) is 4.85. The number of aliphatic imine (C=N–C) groups is 1. The number of rotatable bonds is 7. The van der Waals surface area contributed by atoms with E-state index in [1.165, 1.54) is 6.20 Å². The van der Waals surface area contributed by atoms with Crippen molar-refractivity contribution in [2.45, 2.75) is 51.6 Å². The van der Waals surface area contributed by atoms with Gasteiger partial charge in [0, 0.05) is 31.1 Å². The van der Waals surface area contributed by atoms with Crippen LogP contribution >= 0.6 is 0 Å². The lowest BCUT2D eigenvalue weighted by Crippen LogP contribution is -2.42. The molecule has 0 radical (unpaired) electrons. The van der Waals surface area contributed by atoms with Gasteiger partial charge in [0.15, 0.2) is 5.82 Å². The summed E-state index contributed by atoms with van der Waals surface area (Å²) in [7, 11) is 0. The minimum Gasteiger partial charge on any atom is -0.404 e. The van der Waals surface area contributed by atoms with E-state index in [2.05, 4.69) is 49.6 Å². The number of benzene rings is 1. The molecule has 1 atom stereocenters. The monoisotopic (exact) mass is 438 g/mol. The summed E-state index contributed by atoms with van der Waals surface area (Å²) in [5, 5.41) is 14.6. The van der Waals surface area contributed by atoms with Crippen LogP contribution in [0.15, 0.2) is 52.4 Å². The molecule has 1 fully saturated rings. The third-order valence-electron chi connectivity index (χ3n) is 6.51. The summed E-state index contributed by atoms with van der Waals surface area (Å²) in [5.74, 6) is 1.08. The molecule has 2 aromatic rings. The molecular formula is C24H34N6O2. The summed E-state index contributed by atoms with van der Waals surface area (Å²) in [6.45, 7) is 13.2. The second-order valence-electron chi connectivity index (χ2n) is 9.19. The Hall–Kier alpha value is -3.13. The fourth-order valence-electron chi connectivity index (χ4n) is 3.83. The van der Waals surface area contributed by atoms with E-state index in [-0.39, 0.29) is 11.7 Å². The van der Waals surface area contributed by atoms with Crippen molar-refractivity contribution in [3.8, 4) is 0 Å². The molecule has 172 valence electrons. The highest BCUT2D eigenvalue weighted by Gasteiger charge is 2.38. The SMILES string of the molecule is C=C(N)/N=C\C(=C/N)c1ccc([C@@](C)(c2noc(N3CCC(C)(O)CC3)n2)C(C)C)cc1. The zero-order chi connectivity index (χ0) is 23.5. The minimum absolute atomic E-state index is 0.215. The molecule has 32 heavy (non-hydrogen) atoms. The number of hydrogen-bond donors (Lipinski definition) is 3. The fraction of sp³-hybridized carbons (Fsp3) is 0.458. The molecule has 8 heteroatoms. The molecule has 0 amide bonds. The molecule has 0 unspecified atom stereocenters. The number of hydrogen-bond acceptors (Lipinski definition) is 8. The van der Waals surface area contributed by atoms with Crippen molar-refractivity contribution < 1.29 is 9.63 Å². The maximum absolute atomic E-state index is 10.2. The Morgan fingerprint density at radius 2 is 1.94 bits per heavy atom. The number of anilines is 1. The summed E-state index contributed by atoms with van der Waals surface area (Å²) in [6, 6.07) is 8.60. The van der Waals surface area contributed by atoms with Gasteiger partial charge in [0.2, 0.25) is 0 Å². The molecule has 5 N–H and O–H groups in total. The van der Waals surface area contributed by atoms with Gasteiger partial charge in [-0.15, -0.1) is 0 Å². The van der Waals surface area contributed by atoms with E-state index in [0.717, 1.165) is 16.7 Å². The second kappa shape index (κ2) is 9.16. The van der Waals surface area contributed by atoms with Crippen LogP contribution in [0.1, 0.15) is 57.5 Å². The Morgan fingerprint density at radius 3 is 2.47 bits per heavy atom. The van der Waals surface area contributed by atoms with Crippen molar-refractivity contribution in [2.24, 2.45) is 22.4 Å². The fourth-order valence-corrected chi connectivity index (χ4v) is 3.83. The van der Waals surface area contributed by atoms with Crippen molar-refractivity contribution in [2.75, 3.05) is 18.0 Å². The molecule has 1 aliphatic heterocycles. The largest absolute Gasteiger partial charge is 0.404 e. The summed E-state index contributed by atoms with van der Waals surface area (Å²) in [6.07, 6.45) is 4.43. The smallest absolute Gasteiger partial charge is 0.324 e. The topological polar surface area (TPSA) is 127 Å². The van der Waals surface area contributed by atoms with Gasteiger partial charge in [0.25, 0.3) is 0 Å². The lowest BCUT2D eigenvalue weighted by atomic mass is 9.72. The van der Waals surface area contributed by atoms with Crippen molar-refractivity contribution in [3.63, 3.8) is 0 Å². The second-order valence-corrected chi connectivity index (χ2v) is 9.19. The normalized spacial score (nSPS) is 18.8. The first-order valence-corrected chi connectivity index (χ1v) is 10.9. The average molecular weight is 439 g/mol. The van der Waals surface area contributed by atoms with Crippen molar-refractivity contribution in [1.29, 1.82) is 0 Å². The van der Waals surface area contributed by atoms with E-state index >= 15 is 0 Å². The number of nitrogens with zero attached hydrogens (tertiary/aromatic N) is 4. The predicted molar refractivity (Wildman–Crippen MR) is 128 cm³/mol. The number of aliphatic hydroxyl groups is 1. The van der Waals surface area contributed by atoms with E-state index in [1.807, 2.05) is 24.0 Å². The quantitative estimate of drug-likeness (QED) is 0.567. The Kier molecular flexibility index (Phi) is 6.74. The molecule has 8 nitrogen and oxygen atoms in total. The maximum atomic E-state index is 10.2. The molecule has 2 heterocycles. The van der Waals surface area contributed by atoms with Crippen LogP contribution in [-0.2, 0) is 5.41 Å². The number of nitrogens with two attached hydrogens (primary N) is 2. The molecule has 1 aromatic heterocycles. The summed E-state index contributed by atoms with van der Waals surface area (Å²) >= 11 is 0. The van der Waals surface area contributed by atoms with Crippen LogP contribution in [-0.4, -0.2) is 40.2 Å². The molecule has 1 saturated heterocycles. The highest BCUT2D eigenvalue weighted by Crippen LogP contribution is 2.38. The van der Waals surface area contributed by atoms with E-state index in [9.17, 15) is 5.11 Å². The predicted octanol–water partition coefficient (Wildman–Crippen LogP) is 3.18. The summed E-state index contributed by atoms with van der Waals surface area (Å²) in [4.78, 5) is 10.8. The van der Waals surface area contributed by atoms with Crippen LogP contribution in [0.5, 0.6) is 0 Å². The van der Waals surface area contributed by atoms with Crippen molar-refractivity contribution in [1.82, 2.24) is 10.1 Å². The zero-order valence-corrected chi connectivity index (χ0v) is 19.4. The van der Waals surface area contributed by atoms with Gasteiger partial charge in [-0.1, -0.05) is 49.8 Å². The zero-order valence-electron chi connectivity index (χ0n) is 19.4. The van der Waals surface area contributed by atoms with Crippen molar-refractivity contribution in [3.05, 3.63) is 59.8 Å². The number of aromatic nitrogens is 2. The van der Waals surface area contributed by atoms with Gasteiger partial charge >= 0.3 is 6.01 Å². The number of piperidine rings is 1. The molecule has 0 saturated carbocycles. The van der Waals surface area contributed by atoms with E-state index in [0.29, 0.717) is 37.8 Å². The van der Waals surface area contributed by atoms with E-state index in [4.69, 9.17) is 21.0 Å². The lowest BCUT2D eigenvalue weighted by molar-refractivity contribution is 0.0341. The van der Waals surface area contributed by atoms with Crippen LogP contribution in [0.25, 0.3) is 5.57 Å².